The quantitative estimate of drug-likeness (QED) is 0.474. The van der Waals surface area contributed by atoms with Gasteiger partial charge in [0.05, 0.1) is 5.69 Å². The third-order valence-electron chi connectivity index (χ3n) is 3.67. The molecule has 1 aromatic heterocycles. The molecule has 2 N–H and O–H groups in total. The molecule has 0 unspecified atom stereocenters. The number of anilines is 1. The molecular formula is C19H14Cl2N4S. The number of nitrogens with two attached hydrogens (primary N) is 1. The summed E-state index contributed by atoms with van der Waals surface area (Å²) in [7, 11) is 0. The number of hydrogen-bond acceptors (Lipinski definition) is 5. The fourth-order valence-electron chi connectivity index (χ4n) is 2.34. The molecule has 130 valence electrons. The molecule has 4 nitrogen and oxygen atoms in total. The second-order valence-corrected chi connectivity index (χ2v) is 7.36. The van der Waals surface area contributed by atoms with Crippen molar-refractivity contribution in [1.29, 1.82) is 5.26 Å². The van der Waals surface area contributed by atoms with Crippen LogP contribution in [0.15, 0.2) is 53.7 Å². The van der Waals surface area contributed by atoms with E-state index in [1.807, 2.05) is 48.5 Å². The average Bonchev–Trinajstić information content (AvgIpc) is 2.63. The van der Waals surface area contributed by atoms with E-state index in [1.54, 1.807) is 0 Å². The van der Waals surface area contributed by atoms with Gasteiger partial charge in [-0.25, -0.2) is 9.97 Å². The molecule has 3 aromatic rings. The van der Waals surface area contributed by atoms with Crippen molar-refractivity contribution in [3.05, 3.63) is 81.0 Å². The Balaban J connectivity index is 1.83. The van der Waals surface area contributed by atoms with Crippen LogP contribution < -0.4 is 5.73 Å². The highest BCUT2D eigenvalue weighted by molar-refractivity contribution is 7.98. The molecule has 0 saturated carbocycles. The Morgan fingerprint density at radius 1 is 0.923 bits per heavy atom. The number of nitrogens with zero attached hydrogens (tertiary/aromatic N) is 3. The third kappa shape index (κ3) is 4.67. The average molecular weight is 401 g/mol. The van der Waals surface area contributed by atoms with E-state index >= 15 is 0 Å². The highest BCUT2D eigenvalue weighted by Gasteiger charge is 2.13. The van der Waals surface area contributed by atoms with E-state index in [9.17, 15) is 5.26 Å². The minimum Gasteiger partial charge on any atom is -0.382 e. The molecule has 7 heteroatoms. The molecule has 0 aliphatic heterocycles. The van der Waals surface area contributed by atoms with Gasteiger partial charge in [-0.05, 0) is 35.4 Å². The predicted molar refractivity (Wildman–Crippen MR) is 106 cm³/mol. The smallest absolute Gasteiger partial charge is 0.190 e. The summed E-state index contributed by atoms with van der Waals surface area (Å²) in [4.78, 5) is 8.80. The number of nitrogen functional groups attached to an aromatic ring is 1. The molecule has 1 heterocycles. The van der Waals surface area contributed by atoms with Crippen LogP contribution in [-0.4, -0.2) is 9.97 Å². The number of benzene rings is 2. The van der Waals surface area contributed by atoms with Gasteiger partial charge in [-0.3, -0.25) is 0 Å². The lowest BCUT2D eigenvalue weighted by atomic mass is 10.1. The van der Waals surface area contributed by atoms with Gasteiger partial charge in [-0.1, -0.05) is 59.2 Å². The van der Waals surface area contributed by atoms with Gasteiger partial charge in [-0.15, -0.1) is 0 Å². The van der Waals surface area contributed by atoms with Crippen LogP contribution in [0.4, 0.5) is 5.82 Å². The summed E-state index contributed by atoms with van der Waals surface area (Å²) in [6, 6.07) is 17.1. The normalized spacial score (nSPS) is 10.5. The maximum Gasteiger partial charge on any atom is 0.190 e. The van der Waals surface area contributed by atoms with Crippen molar-refractivity contribution >= 4 is 40.8 Å². The summed E-state index contributed by atoms with van der Waals surface area (Å²) in [6.07, 6.45) is 0.487. The minimum absolute atomic E-state index is 0.199. The second kappa shape index (κ2) is 8.41. The first-order valence-corrected chi connectivity index (χ1v) is 9.47. The van der Waals surface area contributed by atoms with Crippen molar-refractivity contribution in [3.63, 3.8) is 0 Å². The SMILES string of the molecule is N#Cc1c(N)nc(SCc2ccc(Cl)cc2)nc1Cc1ccc(Cl)cc1. The lowest BCUT2D eigenvalue weighted by molar-refractivity contribution is 0.902. The van der Waals surface area contributed by atoms with Crippen LogP contribution in [0, 0.1) is 11.3 Å². The molecule has 0 amide bonds. The van der Waals surface area contributed by atoms with Gasteiger partial charge in [0.15, 0.2) is 5.16 Å². The zero-order chi connectivity index (χ0) is 18.5. The standard InChI is InChI=1S/C19H14Cl2N4S/c20-14-5-1-12(2-6-14)9-17-16(10-22)18(23)25-19(24-17)26-11-13-3-7-15(21)8-4-13/h1-8H,9,11H2,(H2,23,24,25). The van der Waals surface area contributed by atoms with E-state index in [0.717, 1.165) is 11.1 Å². The Bertz CT molecular complexity index is 951. The van der Waals surface area contributed by atoms with E-state index in [0.29, 0.717) is 38.6 Å². The summed E-state index contributed by atoms with van der Waals surface area (Å²) in [6.45, 7) is 0. The monoisotopic (exact) mass is 400 g/mol. The first-order valence-electron chi connectivity index (χ1n) is 7.73. The Morgan fingerprint density at radius 2 is 1.50 bits per heavy atom. The van der Waals surface area contributed by atoms with Crippen molar-refractivity contribution in [2.75, 3.05) is 5.73 Å². The molecule has 0 aliphatic rings. The van der Waals surface area contributed by atoms with Gasteiger partial charge >= 0.3 is 0 Å². The van der Waals surface area contributed by atoms with Crippen molar-refractivity contribution in [2.24, 2.45) is 0 Å². The van der Waals surface area contributed by atoms with Crippen LogP contribution in [0.3, 0.4) is 0 Å². The Kier molecular flexibility index (Phi) is 6.00. The van der Waals surface area contributed by atoms with Crippen molar-refractivity contribution in [3.8, 4) is 6.07 Å². The number of rotatable bonds is 5. The van der Waals surface area contributed by atoms with Crippen molar-refractivity contribution < 1.29 is 0 Å². The first-order chi connectivity index (χ1) is 12.5. The Hall–Kier alpha value is -2.26. The van der Waals surface area contributed by atoms with Crippen LogP contribution in [-0.2, 0) is 12.2 Å². The number of thioether (sulfide) groups is 1. The van der Waals surface area contributed by atoms with E-state index in [-0.39, 0.29) is 5.82 Å². The van der Waals surface area contributed by atoms with Gasteiger partial charge in [0.2, 0.25) is 0 Å². The molecule has 0 atom stereocenters. The van der Waals surface area contributed by atoms with Gasteiger partial charge in [0, 0.05) is 22.2 Å². The van der Waals surface area contributed by atoms with E-state index in [1.165, 1.54) is 11.8 Å². The van der Waals surface area contributed by atoms with Gasteiger partial charge in [0.1, 0.15) is 17.5 Å². The fraction of sp³-hybridized carbons (Fsp3) is 0.105. The number of hydrogen-bond donors (Lipinski definition) is 1. The van der Waals surface area contributed by atoms with E-state index in [4.69, 9.17) is 28.9 Å². The lowest BCUT2D eigenvalue weighted by Gasteiger charge is -2.09. The summed E-state index contributed by atoms with van der Waals surface area (Å²) in [5.41, 5.74) is 9.00. The zero-order valence-corrected chi connectivity index (χ0v) is 15.9. The molecule has 0 spiro atoms. The van der Waals surface area contributed by atoms with Crippen molar-refractivity contribution in [2.45, 2.75) is 17.3 Å². The molecular weight excluding hydrogens is 387 g/mol. The molecule has 26 heavy (non-hydrogen) atoms. The molecule has 0 radical (unpaired) electrons. The molecule has 0 aliphatic carbocycles. The summed E-state index contributed by atoms with van der Waals surface area (Å²) < 4.78 is 0. The summed E-state index contributed by atoms with van der Waals surface area (Å²) in [5.74, 6) is 0.883. The van der Waals surface area contributed by atoms with Crippen LogP contribution in [0.2, 0.25) is 10.0 Å². The molecule has 0 fully saturated rings. The maximum absolute atomic E-state index is 9.40. The molecule has 0 bridgehead atoms. The Labute approximate surface area is 166 Å². The minimum atomic E-state index is 0.199. The second-order valence-electron chi connectivity index (χ2n) is 5.54. The van der Waals surface area contributed by atoms with Gasteiger partial charge in [-0.2, -0.15) is 5.26 Å². The Morgan fingerprint density at radius 3 is 2.08 bits per heavy atom. The van der Waals surface area contributed by atoms with E-state index < -0.39 is 0 Å². The van der Waals surface area contributed by atoms with Crippen LogP contribution in [0.1, 0.15) is 22.4 Å². The van der Waals surface area contributed by atoms with E-state index in [2.05, 4.69) is 16.0 Å². The summed E-state index contributed by atoms with van der Waals surface area (Å²) in [5, 5.41) is 11.3. The highest BCUT2D eigenvalue weighted by atomic mass is 35.5. The molecule has 3 rings (SSSR count). The molecule has 0 saturated heterocycles. The zero-order valence-electron chi connectivity index (χ0n) is 13.6. The maximum atomic E-state index is 9.40. The topological polar surface area (TPSA) is 75.6 Å². The largest absolute Gasteiger partial charge is 0.382 e. The van der Waals surface area contributed by atoms with Crippen molar-refractivity contribution in [1.82, 2.24) is 9.97 Å². The van der Waals surface area contributed by atoms with Gasteiger partial charge in [0.25, 0.3) is 0 Å². The highest BCUT2D eigenvalue weighted by Crippen LogP contribution is 2.25. The fourth-order valence-corrected chi connectivity index (χ4v) is 3.42. The van der Waals surface area contributed by atoms with Crippen LogP contribution in [0.25, 0.3) is 0 Å². The number of halogens is 2. The molecule has 2 aromatic carbocycles. The van der Waals surface area contributed by atoms with Gasteiger partial charge < -0.3 is 5.73 Å². The number of nitriles is 1. The summed E-state index contributed by atoms with van der Waals surface area (Å²) >= 11 is 13.3. The van der Waals surface area contributed by atoms with Crippen LogP contribution in [0.5, 0.6) is 0 Å². The van der Waals surface area contributed by atoms with Crippen LogP contribution >= 0.6 is 35.0 Å². The predicted octanol–water partition coefficient (Wildman–Crippen LogP) is 5.12. The first kappa shape index (κ1) is 18.5. The number of aromatic nitrogens is 2. The lowest BCUT2D eigenvalue weighted by Crippen LogP contribution is -2.06. The third-order valence-corrected chi connectivity index (χ3v) is 5.09.